The van der Waals surface area contributed by atoms with E-state index >= 15 is 0 Å². The zero-order valence-electron chi connectivity index (χ0n) is 14.0. The van der Waals surface area contributed by atoms with Gasteiger partial charge in [-0.25, -0.2) is 4.39 Å². The fraction of sp³-hybridized carbons (Fsp3) is 0.350. The van der Waals surface area contributed by atoms with Crippen LogP contribution < -0.4 is 0 Å². The van der Waals surface area contributed by atoms with E-state index in [4.69, 9.17) is 0 Å². The molecule has 3 nitrogen and oxygen atoms in total. The topological polar surface area (TPSA) is 23.6 Å². The Morgan fingerprint density at radius 2 is 1.79 bits per heavy atom. The summed E-state index contributed by atoms with van der Waals surface area (Å²) in [6, 6.07) is 15.0. The van der Waals surface area contributed by atoms with E-state index in [1.807, 2.05) is 42.2 Å². The molecule has 1 amide bonds. The average molecular weight is 326 g/mol. The van der Waals surface area contributed by atoms with Crippen LogP contribution in [0.1, 0.15) is 16.7 Å². The number of hydrogen-bond acceptors (Lipinski definition) is 2. The van der Waals surface area contributed by atoms with E-state index in [9.17, 15) is 9.18 Å². The minimum Gasteiger partial charge on any atom is -0.340 e. The molecule has 1 aliphatic heterocycles. The highest BCUT2D eigenvalue weighted by Crippen LogP contribution is 2.13. The Kier molecular flexibility index (Phi) is 5.26. The second-order valence-corrected chi connectivity index (χ2v) is 6.41. The van der Waals surface area contributed by atoms with Crippen molar-refractivity contribution >= 4 is 5.91 Å². The zero-order valence-corrected chi connectivity index (χ0v) is 14.0. The SMILES string of the molecule is Cc1cccc(CC(=O)N2CCN(Cc3ccccc3F)CC2)c1. The number of amides is 1. The first-order valence-electron chi connectivity index (χ1n) is 8.41. The van der Waals surface area contributed by atoms with Crippen LogP contribution in [0.2, 0.25) is 0 Å². The van der Waals surface area contributed by atoms with Crippen molar-refractivity contribution in [2.45, 2.75) is 19.9 Å². The normalized spacial score (nSPS) is 15.5. The maximum Gasteiger partial charge on any atom is 0.227 e. The second-order valence-electron chi connectivity index (χ2n) is 6.41. The number of piperazine rings is 1. The molecule has 2 aromatic rings. The van der Waals surface area contributed by atoms with Crippen molar-refractivity contribution in [1.82, 2.24) is 9.80 Å². The summed E-state index contributed by atoms with van der Waals surface area (Å²) >= 11 is 0. The summed E-state index contributed by atoms with van der Waals surface area (Å²) in [4.78, 5) is 16.6. The lowest BCUT2D eigenvalue weighted by Crippen LogP contribution is -2.48. The molecule has 126 valence electrons. The first-order valence-corrected chi connectivity index (χ1v) is 8.41. The largest absolute Gasteiger partial charge is 0.340 e. The number of benzene rings is 2. The third kappa shape index (κ3) is 4.20. The molecule has 0 N–H and O–H groups in total. The van der Waals surface area contributed by atoms with Gasteiger partial charge in [0, 0.05) is 38.3 Å². The van der Waals surface area contributed by atoms with E-state index < -0.39 is 0 Å². The average Bonchev–Trinajstić information content (AvgIpc) is 2.57. The molecule has 1 aliphatic rings. The summed E-state index contributed by atoms with van der Waals surface area (Å²) in [6.07, 6.45) is 0.453. The first-order chi connectivity index (χ1) is 11.6. The third-order valence-corrected chi connectivity index (χ3v) is 4.51. The Balaban J connectivity index is 1.51. The fourth-order valence-corrected chi connectivity index (χ4v) is 3.13. The van der Waals surface area contributed by atoms with Gasteiger partial charge in [-0.1, -0.05) is 48.0 Å². The van der Waals surface area contributed by atoms with Gasteiger partial charge < -0.3 is 4.90 Å². The summed E-state index contributed by atoms with van der Waals surface area (Å²) in [5.74, 6) is 0.0154. The fourth-order valence-electron chi connectivity index (χ4n) is 3.13. The van der Waals surface area contributed by atoms with Crippen molar-refractivity contribution in [2.24, 2.45) is 0 Å². The van der Waals surface area contributed by atoms with E-state index in [0.29, 0.717) is 26.1 Å². The monoisotopic (exact) mass is 326 g/mol. The van der Waals surface area contributed by atoms with Gasteiger partial charge in [-0.3, -0.25) is 9.69 Å². The molecule has 3 rings (SSSR count). The Labute approximate surface area is 142 Å². The van der Waals surface area contributed by atoms with Gasteiger partial charge in [-0.2, -0.15) is 0 Å². The van der Waals surface area contributed by atoms with Gasteiger partial charge in [-0.05, 0) is 18.6 Å². The third-order valence-electron chi connectivity index (χ3n) is 4.51. The first kappa shape index (κ1) is 16.7. The van der Waals surface area contributed by atoms with Crippen LogP contribution >= 0.6 is 0 Å². The number of halogens is 1. The minimum atomic E-state index is -0.157. The van der Waals surface area contributed by atoms with Gasteiger partial charge in [0.25, 0.3) is 0 Å². The van der Waals surface area contributed by atoms with Crippen LogP contribution in [0, 0.1) is 12.7 Å². The molecule has 1 fully saturated rings. The number of carbonyl (C=O) groups excluding carboxylic acids is 1. The van der Waals surface area contributed by atoms with Gasteiger partial charge in [0.1, 0.15) is 5.82 Å². The van der Waals surface area contributed by atoms with Crippen molar-refractivity contribution < 1.29 is 9.18 Å². The lowest BCUT2D eigenvalue weighted by Gasteiger charge is -2.35. The number of carbonyl (C=O) groups is 1. The Morgan fingerprint density at radius 1 is 1.04 bits per heavy atom. The molecular weight excluding hydrogens is 303 g/mol. The zero-order chi connectivity index (χ0) is 16.9. The lowest BCUT2D eigenvalue weighted by atomic mass is 10.1. The van der Waals surface area contributed by atoms with Crippen molar-refractivity contribution in [3.63, 3.8) is 0 Å². The molecule has 0 radical (unpaired) electrons. The van der Waals surface area contributed by atoms with E-state index in [1.165, 1.54) is 11.6 Å². The highest BCUT2D eigenvalue weighted by molar-refractivity contribution is 5.79. The molecule has 24 heavy (non-hydrogen) atoms. The predicted molar refractivity (Wildman–Crippen MR) is 93.1 cm³/mol. The molecule has 1 saturated heterocycles. The molecule has 4 heteroatoms. The second kappa shape index (κ2) is 7.58. The Hall–Kier alpha value is -2.20. The quantitative estimate of drug-likeness (QED) is 0.862. The number of rotatable bonds is 4. The van der Waals surface area contributed by atoms with Crippen LogP contribution in [-0.4, -0.2) is 41.9 Å². The molecule has 0 aliphatic carbocycles. The molecule has 0 atom stereocenters. The summed E-state index contributed by atoms with van der Waals surface area (Å²) in [7, 11) is 0. The van der Waals surface area contributed by atoms with Gasteiger partial charge in [0.15, 0.2) is 0 Å². The maximum absolute atomic E-state index is 13.7. The lowest BCUT2D eigenvalue weighted by molar-refractivity contribution is -0.132. The number of hydrogen-bond donors (Lipinski definition) is 0. The van der Waals surface area contributed by atoms with Gasteiger partial charge in [0.2, 0.25) is 5.91 Å². The summed E-state index contributed by atoms with van der Waals surface area (Å²) in [5.41, 5.74) is 2.96. The van der Waals surface area contributed by atoms with Gasteiger partial charge >= 0.3 is 0 Å². The summed E-state index contributed by atoms with van der Waals surface area (Å²) in [5, 5.41) is 0. The standard InChI is InChI=1S/C20H23FN2O/c1-16-5-4-6-17(13-16)14-20(24)23-11-9-22(10-12-23)15-18-7-2-3-8-19(18)21/h2-8,13H,9-12,14-15H2,1H3. The highest BCUT2D eigenvalue weighted by atomic mass is 19.1. The molecule has 0 saturated carbocycles. The van der Waals surface area contributed by atoms with E-state index in [2.05, 4.69) is 11.0 Å². The van der Waals surface area contributed by atoms with Crippen LogP contribution in [0.25, 0.3) is 0 Å². The van der Waals surface area contributed by atoms with Crippen molar-refractivity contribution in [3.8, 4) is 0 Å². The molecule has 2 aromatic carbocycles. The van der Waals surface area contributed by atoms with Gasteiger partial charge in [-0.15, -0.1) is 0 Å². The number of aryl methyl sites for hydroxylation is 1. The van der Waals surface area contributed by atoms with Crippen LogP contribution in [0.4, 0.5) is 4.39 Å². The van der Waals surface area contributed by atoms with Crippen LogP contribution in [0.3, 0.4) is 0 Å². The van der Waals surface area contributed by atoms with Crippen molar-refractivity contribution in [2.75, 3.05) is 26.2 Å². The molecule has 0 aromatic heterocycles. The van der Waals surface area contributed by atoms with Crippen molar-refractivity contribution in [3.05, 3.63) is 71.0 Å². The van der Waals surface area contributed by atoms with Gasteiger partial charge in [0.05, 0.1) is 6.42 Å². The predicted octanol–water partition coefficient (Wildman–Crippen LogP) is 3.02. The summed E-state index contributed by atoms with van der Waals surface area (Å²) in [6.45, 7) is 5.63. The molecule has 0 spiro atoms. The number of nitrogens with zero attached hydrogens (tertiary/aromatic N) is 2. The molecular formula is C20H23FN2O. The van der Waals surface area contributed by atoms with Crippen LogP contribution in [0.5, 0.6) is 0 Å². The van der Waals surface area contributed by atoms with Crippen molar-refractivity contribution in [1.29, 1.82) is 0 Å². The van der Waals surface area contributed by atoms with E-state index in [1.54, 1.807) is 6.07 Å². The molecule has 0 unspecified atom stereocenters. The smallest absolute Gasteiger partial charge is 0.227 e. The highest BCUT2D eigenvalue weighted by Gasteiger charge is 2.21. The van der Waals surface area contributed by atoms with E-state index in [0.717, 1.165) is 24.2 Å². The molecule has 1 heterocycles. The van der Waals surface area contributed by atoms with E-state index in [-0.39, 0.29) is 11.7 Å². The van der Waals surface area contributed by atoms with Crippen LogP contribution in [0.15, 0.2) is 48.5 Å². The maximum atomic E-state index is 13.7. The summed E-state index contributed by atoms with van der Waals surface area (Å²) < 4.78 is 13.7. The minimum absolute atomic E-state index is 0.157. The molecule has 0 bridgehead atoms. The Morgan fingerprint density at radius 3 is 2.50 bits per heavy atom. The van der Waals surface area contributed by atoms with Crippen LogP contribution in [-0.2, 0) is 17.8 Å². The Bertz CT molecular complexity index is 708.